The Morgan fingerprint density at radius 3 is 2.70 bits per heavy atom. The Kier molecular flexibility index (Phi) is 4.10. The third kappa shape index (κ3) is 3.00. The second kappa shape index (κ2) is 5.64. The van der Waals surface area contributed by atoms with E-state index in [4.69, 9.17) is 11.6 Å². The van der Waals surface area contributed by atoms with Crippen LogP contribution in [0.2, 0.25) is 5.02 Å². The fourth-order valence-corrected chi connectivity index (χ4v) is 2.90. The standard InChI is InChI=1S/C12H11ClFN3O2S/c1-15-12-11(3-2-6-16-12)20(18,19)17-8-4-5-9(13)10(14)7-8/h2-7,17H,1H3,(H,15,16). The lowest BCUT2D eigenvalue weighted by molar-refractivity contribution is 0.601. The third-order valence-corrected chi connectivity index (χ3v) is 4.19. The summed E-state index contributed by atoms with van der Waals surface area (Å²) in [6, 6.07) is 6.55. The normalized spacial score (nSPS) is 11.2. The molecule has 5 nitrogen and oxygen atoms in total. The van der Waals surface area contributed by atoms with Gasteiger partial charge in [0.15, 0.2) is 0 Å². The fourth-order valence-electron chi connectivity index (χ4n) is 1.56. The predicted octanol–water partition coefficient (Wildman–Crippen LogP) is 2.72. The van der Waals surface area contributed by atoms with Crippen molar-refractivity contribution in [3.8, 4) is 0 Å². The molecule has 0 saturated carbocycles. The number of nitrogens with zero attached hydrogens (tertiary/aromatic N) is 1. The molecule has 0 aliphatic carbocycles. The van der Waals surface area contributed by atoms with Gasteiger partial charge in [0.05, 0.1) is 10.7 Å². The van der Waals surface area contributed by atoms with Crippen molar-refractivity contribution in [1.29, 1.82) is 0 Å². The highest BCUT2D eigenvalue weighted by atomic mass is 35.5. The number of benzene rings is 1. The van der Waals surface area contributed by atoms with Gasteiger partial charge >= 0.3 is 0 Å². The lowest BCUT2D eigenvalue weighted by atomic mass is 10.3. The van der Waals surface area contributed by atoms with E-state index in [2.05, 4.69) is 15.0 Å². The minimum Gasteiger partial charge on any atom is -0.372 e. The van der Waals surface area contributed by atoms with Crippen molar-refractivity contribution in [3.05, 3.63) is 47.4 Å². The zero-order valence-corrected chi connectivity index (χ0v) is 12.0. The van der Waals surface area contributed by atoms with Crippen molar-refractivity contribution in [3.63, 3.8) is 0 Å². The Hall–Kier alpha value is -1.86. The van der Waals surface area contributed by atoms with Gasteiger partial charge in [0.2, 0.25) is 0 Å². The summed E-state index contributed by atoms with van der Waals surface area (Å²) in [6.07, 6.45) is 1.47. The quantitative estimate of drug-likeness (QED) is 0.910. The largest absolute Gasteiger partial charge is 0.372 e. The maximum atomic E-state index is 13.3. The molecule has 0 radical (unpaired) electrons. The maximum Gasteiger partial charge on any atom is 0.265 e. The summed E-state index contributed by atoms with van der Waals surface area (Å²) in [5, 5.41) is 2.60. The molecule has 0 aliphatic rings. The number of nitrogens with one attached hydrogen (secondary N) is 2. The van der Waals surface area contributed by atoms with Crippen molar-refractivity contribution < 1.29 is 12.8 Å². The van der Waals surface area contributed by atoms with Crippen LogP contribution in [0.1, 0.15) is 0 Å². The Morgan fingerprint density at radius 2 is 2.05 bits per heavy atom. The average Bonchev–Trinajstić information content (AvgIpc) is 2.42. The van der Waals surface area contributed by atoms with E-state index >= 15 is 0 Å². The number of aromatic nitrogens is 1. The first-order valence-electron chi connectivity index (χ1n) is 5.54. The molecular weight excluding hydrogens is 305 g/mol. The molecule has 2 rings (SSSR count). The van der Waals surface area contributed by atoms with Gasteiger partial charge in [-0.3, -0.25) is 4.72 Å². The van der Waals surface area contributed by atoms with E-state index in [0.717, 1.165) is 6.07 Å². The molecule has 2 N–H and O–H groups in total. The van der Waals surface area contributed by atoms with Crippen LogP contribution in [0.15, 0.2) is 41.4 Å². The smallest absolute Gasteiger partial charge is 0.265 e. The molecule has 1 aromatic carbocycles. The topological polar surface area (TPSA) is 71.1 Å². The molecule has 0 unspecified atom stereocenters. The SMILES string of the molecule is CNc1ncccc1S(=O)(=O)Nc1ccc(Cl)c(F)c1. The van der Waals surface area contributed by atoms with Crippen molar-refractivity contribution in [2.24, 2.45) is 0 Å². The molecule has 0 bridgehead atoms. The Bertz CT molecular complexity index is 737. The van der Waals surface area contributed by atoms with Gasteiger partial charge in [-0.1, -0.05) is 11.6 Å². The molecule has 0 saturated heterocycles. The van der Waals surface area contributed by atoms with Crippen molar-refractivity contribution in [1.82, 2.24) is 4.98 Å². The molecule has 0 spiro atoms. The van der Waals surface area contributed by atoms with E-state index in [0.29, 0.717) is 0 Å². The summed E-state index contributed by atoms with van der Waals surface area (Å²) in [6.45, 7) is 0. The molecule has 0 amide bonds. The number of sulfonamides is 1. The summed E-state index contributed by atoms with van der Waals surface area (Å²) < 4.78 is 40.0. The monoisotopic (exact) mass is 315 g/mol. The van der Waals surface area contributed by atoms with E-state index in [-0.39, 0.29) is 21.4 Å². The second-order valence-corrected chi connectivity index (χ2v) is 5.89. The first-order chi connectivity index (χ1) is 9.44. The number of pyridine rings is 1. The van der Waals surface area contributed by atoms with Gasteiger partial charge in [-0.25, -0.2) is 17.8 Å². The van der Waals surface area contributed by atoms with E-state index in [9.17, 15) is 12.8 Å². The predicted molar refractivity (Wildman–Crippen MR) is 76.0 cm³/mol. The summed E-state index contributed by atoms with van der Waals surface area (Å²) in [7, 11) is -2.31. The highest BCUT2D eigenvalue weighted by molar-refractivity contribution is 7.92. The van der Waals surface area contributed by atoms with Crippen LogP contribution in [-0.4, -0.2) is 20.4 Å². The number of rotatable bonds is 4. The minimum atomic E-state index is -3.87. The van der Waals surface area contributed by atoms with Crippen LogP contribution in [0.4, 0.5) is 15.9 Å². The Balaban J connectivity index is 2.38. The van der Waals surface area contributed by atoms with Crippen LogP contribution in [0.25, 0.3) is 0 Å². The van der Waals surface area contributed by atoms with E-state index < -0.39 is 15.8 Å². The Labute approximate surface area is 120 Å². The molecule has 0 atom stereocenters. The molecule has 8 heteroatoms. The third-order valence-electron chi connectivity index (χ3n) is 2.47. The van der Waals surface area contributed by atoms with E-state index in [1.807, 2.05) is 0 Å². The first-order valence-corrected chi connectivity index (χ1v) is 7.41. The van der Waals surface area contributed by atoms with Gasteiger partial charge in [0, 0.05) is 13.2 Å². The van der Waals surface area contributed by atoms with Crippen LogP contribution < -0.4 is 10.0 Å². The van der Waals surface area contributed by atoms with Crippen LogP contribution in [0.5, 0.6) is 0 Å². The van der Waals surface area contributed by atoms with Crippen LogP contribution in [0.3, 0.4) is 0 Å². The molecule has 0 fully saturated rings. The van der Waals surface area contributed by atoms with Crippen molar-refractivity contribution >= 4 is 33.1 Å². The molecule has 20 heavy (non-hydrogen) atoms. The molecule has 0 aliphatic heterocycles. The van der Waals surface area contributed by atoms with E-state index in [1.165, 1.54) is 30.5 Å². The molecule has 2 aromatic rings. The summed E-state index contributed by atoms with van der Waals surface area (Å²) >= 11 is 5.54. The van der Waals surface area contributed by atoms with Crippen LogP contribution in [0, 0.1) is 5.82 Å². The summed E-state index contributed by atoms with van der Waals surface area (Å²) in [5.74, 6) is -0.499. The molecule has 1 aromatic heterocycles. The van der Waals surface area contributed by atoms with E-state index in [1.54, 1.807) is 7.05 Å². The van der Waals surface area contributed by atoms with Crippen LogP contribution >= 0.6 is 11.6 Å². The number of anilines is 2. The summed E-state index contributed by atoms with van der Waals surface area (Å²) in [5.41, 5.74) is 0.0813. The number of halogens is 2. The van der Waals surface area contributed by atoms with Gasteiger partial charge in [0.1, 0.15) is 16.5 Å². The lowest BCUT2D eigenvalue weighted by Crippen LogP contribution is -2.15. The summed E-state index contributed by atoms with van der Waals surface area (Å²) in [4.78, 5) is 3.88. The minimum absolute atomic E-state index is 0.0298. The maximum absolute atomic E-state index is 13.3. The zero-order chi connectivity index (χ0) is 14.8. The van der Waals surface area contributed by atoms with Gasteiger partial charge in [0.25, 0.3) is 10.0 Å². The molecular formula is C12H11ClFN3O2S. The lowest BCUT2D eigenvalue weighted by Gasteiger charge is -2.11. The second-order valence-electron chi connectivity index (χ2n) is 3.83. The molecule has 106 valence electrons. The van der Waals surface area contributed by atoms with Gasteiger partial charge in [-0.15, -0.1) is 0 Å². The molecule has 1 heterocycles. The van der Waals surface area contributed by atoms with Gasteiger partial charge in [-0.05, 0) is 30.3 Å². The highest BCUT2D eigenvalue weighted by Crippen LogP contribution is 2.23. The first kappa shape index (κ1) is 14.5. The van der Waals surface area contributed by atoms with Crippen molar-refractivity contribution in [2.45, 2.75) is 4.90 Å². The fraction of sp³-hybridized carbons (Fsp3) is 0.0833. The average molecular weight is 316 g/mol. The van der Waals surface area contributed by atoms with Gasteiger partial charge in [-0.2, -0.15) is 0 Å². The van der Waals surface area contributed by atoms with Crippen LogP contribution in [-0.2, 0) is 10.0 Å². The zero-order valence-electron chi connectivity index (χ0n) is 10.4. The Morgan fingerprint density at radius 1 is 1.30 bits per heavy atom. The number of hydrogen-bond acceptors (Lipinski definition) is 4. The highest BCUT2D eigenvalue weighted by Gasteiger charge is 2.19. The van der Waals surface area contributed by atoms with Crippen molar-refractivity contribution in [2.75, 3.05) is 17.1 Å². The van der Waals surface area contributed by atoms with Gasteiger partial charge < -0.3 is 5.32 Å². The number of hydrogen-bond donors (Lipinski definition) is 2.